The maximum atomic E-state index is 11.9. The van der Waals surface area contributed by atoms with Gasteiger partial charge < -0.3 is 14.4 Å². The number of aliphatic hydroxyl groups is 1. The number of aromatic amines is 1. The predicted molar refractivity (Wildman–Crippen MR) is 79.2 cm³/mol. The van der Waals surface area contributed by atoms with Crippen LogP contribution in [0.25, 0.3) is 0 Å². The van der Waals surface area contributed by atoms with Crippen LogP contribution in [0.15, 0.2) is 15.8 Å². The van der Waals surface area contributed by atoms with Crippen molar-refractivity contribution in [2.45, 2.75) is 38.2 Å². The number of aromatic nitrogens is 2. The van der Waals surface area contributed by atoms with E-state index in [1.807, 2.05) is 0 Å². The second-order valence-corrected chi connectivity index (χ2v) is 6.99. The second-order valence-electron chi connectivity index (χ2n) is 5.13. The Morgan fingerprint density at radius 1 is 1.67 bits per heavy atom. The van der Waals surface area contributed by atoms with Crippen LogP contribution in [-0.2, 0) is 13.8 Å². The number of aryl methyl sites for hydroxylation is 1. The summed E-state index contributed by atoms with van der Waals surface area (Å²) in [6.45, 7) is 2.80. The third kappa shape index (κ3) is 3.32. The summed E-state index contributed by atoms with van der Waals surface area (Å²) in [6.07, 6.45) is 0.190. The molecule has 2 unspecified atom stereocenters. The molecule has 1 aromatic rings. The molecule has 2 rings (SSSR count). The Balaban J connectivity index is 2.35. The summed E-state index contributed by atoms with van der Waals surface area (Å²) in [6, 6.07) is 0. The first-order valence-corrected chi connectivity index (χ1v) is 8.87. The van der Waals surface area contributed by atoms with Gasteiger partial charge in [0.05, 0.1) is 6.61 Å². The molecule has 0 spiro atoms. The first-order valence-electron chi connectivity index (χ1n) is 6.27. The lowest BCUT2D eigenvalue weighted by molar-refractivity contribution is -0.111. The Morgan fingerprint density at radius 3 is 2.90 bits per heavy atom. The molecule has 1 aliphatic rings. The molecular weight excluding hydrogens is 319 g/mol. The monoisotopic (exact) mass is 336 g/mol. The zero-order valence-electron chi connectivity index (χ0n) is 11.5. The van der Waals surface area contributed by atoms with Gasteiger partial charge in [-0.1, -0.05) is 12.2 Å². The summed E-state index contributed by atoms with van der Waals surface area (Å²) in [7, 11) is -2.52. The summed E-state index contributed by atoms with van der Waals surface area (Å²) in [5.41, 5.74) is -1.82. The molecule has 0 bridgehead atoms. The van der Waals surface area contributed by atoms with E-state index in [0.717, 1.165) is 0 Å². The quantitative estimate of drug-likeness (QED) is 0.536. The third-order valence-corrected chi connectivity index (χ3v) is 4.32. The zero-order valence-corrected chi connectivity index (χ0v) is 13.4. The first-order chi connectivity index (χ1) is 9.76. The number of nitrogens with zero attached hydrogens (tertiary/aromatic N) is 1. The van der Waals surface area contributed by atoms with Crippen LogP contribution in [0, 0.1) is 6.92 Å². The fraction of sp³-hybridized carbons (Fsp3) is 0.636. The number of rotatable bonds is 4. The average Bonchev–Trinajstić information content (AvgIpc) is 2.71. The summed E-state index contributed by atoms with van der Waals surface area (Å²) in [5, 5.41) is 9.48. The topological polar surface area (TPSA) is 111 Å². The number of ether oxygens (including phenoxy) is 1. The van der Waals surface area contributed by atoms with Gasteiger partial charge in [-0.3, -0.25) is 18.9 Å². The summed E-state index contributed by atoms with van der Waals surface area (Å²) < 4.78 is 23.3. The molecule has 1 fully saturated rings. The van der Waals surface area contributed by atoms with Crippen molar-refractivity contribution in [3.05, 3.63) is 32.6 Å². The van der Waals surface area contributed by atoms with E-state index in [2.05, 4.69) is 17.2 Å². The molecule has 0 radical (unpaired) electrons. The van der Waals surface area contributed by atoms with Crippen LogP contribution in [0.2, 0.25) is 0 Å². The lowest BCUT2D eigenvalue weighted by Crippen LogP contribution is -2.40. The van der Waals surface area contributed by atoms with Crippen molar-refractivity contribution < 1.29 is 18.9 Å². The Labute approximate surface area is 126 Å². The molecule has 0 aromatic carbocycles. The molecule has 118 valence electrons. The number of nitrogens with one attached hydrogen (secondary N) is 1. The molecule has 0 aliphatic carbocycles. The molecule has 2 heterocycles. The number of hydrogen-bond donors (Lipinski definition) is 3. The molecule has 21 heavy (non-hydrogen) atoms. The van der Waals surface area contributed by atoms with Gasteiger partial charge in [0.25, 0.3) is 5.56 Å². The molecular formula is C11H17N2O6PS. The van der Waals surface area contributed by atoms with E-state index in [0.29, 0.717) is 5.56 Å². The second kappa shape index (κ2) is 6.10. The van der Waals surface area contributed by atoms with Crippen molar-refractivity contribution in [3.63, 3.8) is 0 Å². The highest BCUT2D eigenvalue weighted by atomic mass is 32.7. The van der Waals surface area contributed by atoms with Crippen molar-refractivity contribution in [2.24, 2.45) is 0 Å². The number of H-pyrrole nitrogens is 1. The summed E-state index contributed by atoms with van der Waals surface area (Å²) >= 11 is 3.73. The molecule has 0 amide bonds. The lowest BCUT2D eigenvalue weighted by Gasteiger charge is -2.27. The lowest BCUT2D eigenvalue weighted by atomic mass is 10.0. The van der Waals surface area contributed by atoms with E-state index in [1.54, 1.807) is 13.8 Å². The maximum Gasteiger partial charge on any atom is 0.330 e. The fourth-order valence-corrected chi connectivity index (χ4v) is 3.24. The molecule has 0 saturated carbocycles. The van der Waals surface area contributed by atoms with Gasteiger partial charge in [0.1, 0.15) is 17.9 Å². The van der Waals surface area contributed by atoms with E-state index >= 15 is 0 Å². The predicted octanol–water partition coefficient (Wildman–Crippen LogP) is 0.220. The minimum absolute atomic E-state index is 0.208. The normalized spacial score (nSPS) is 30.5. The van der Waals surface area contributed by atoms with Crippen LogP contribution < -0.4 is 11.2 Å². The number of aliphatic hydroxyl groups excluding tert-OH is 1. The molecule has 10 heteroatoms. The van der Waals surface area contributed by atoms with Crippen LogP contribution in [0.5, 0.6) is 0 Å². The third-order valence-electron chi connectivity index (χ3n) is 3.52. The highest BCUT2D eigenvalue weighted by Crippen LogP contribution is 2.43. The first kappa shape index (κ1) is 16.5. The Bertz CT molecular complexity index is 673. The molecule has 8 nitrogen and oxygen atoms in total. The van der Waals surface area contributed by atoms with E-state index in [-0.39, 0.29) is 13.0 Å². The highest BCUT2D eigenvalue weighted by Gasteiger charge is 2.47. The van der Waals surface area contributed by atoms with Gasteiger partial charge in [0, 0.05) is 18.2 Å². The van der Waals surface area contributed by atoms with Gasteiger partial charge in [-0.2, -0.15) is 0 Å². The molecule has 1 aliphatic heterocycles. The largest absolute Gasteiger partial charge is 0.393 e. The molecule has 1 saturated heterocycles. The minimum atomic E-state index is -2.52. The van der Waals surface area contributed by atoms with Crippen molar-refractivity contribution in [3.8, 4) is 0 Å². The summed E-state index contributed by atoms with van der Waals surface area (Å²) in [4.78, 5) is 25.4. The smallest absolute Gasteiger partial charge is 0.330 e. The van der Waals surface area contributed by atoms with E-state index < -0.39 is 36.4 Å². The maximum absolute atomic E-state index is 11.9. The van der Waals surface area contributed by atoms with Crippen molar-refractivity contribution in [1.29, 1.82) is 0 Å². The van der Waals surface area contributed by atoms with E-state index in [1.165, 1.54) is 10.8 Å². The SMILES string of the molecule is Cc1cn([C@H]2CC(O[PH](=O)S)[C@@](C)(CO)O2)c(=O)[nH]c1=O. The Kier molecular flexibility index (Phi) is 4.79. The average molecular weight is 336 g/mol. The van der Waals surface area contributed by atoms with Crippen molar-refractivity contribution in [1.82, 2.24) is 9.55 Å². The van der Waals surface area contributed by atoms with Crippen LogP contribution >= 0.6 is 19.5 Å². The van der Waals surface area contributed by atoms with Crippen LogP contribution in [-0.4, -0.2) is 33.0 Å². The van der Waals surface area contributed by atoms with Gasteiger partial charge >= 0.3 is 5.69 Å². The van der Waals surface area contributed by atoms with Gasteiger partial charge in [-0.25, -0.2) is 4.79 Å². The van der Waals surface area contributed by atoms with E-state index in [4.69, 9.17) is 9.26 Å². The number of hydrogen-bond acceptors (Lipinski definition) is 6. The van der Waals surface area contributed by atoms with Crippen molar-refractivity contribution >= 4 is 19.5 Å². The van der Waals surface area contributed by atoms with E-state index in [9.17, 15) is 19.3 Å². The van der Waals surface area contributed by atoms with Gasteiger partial charge in [-0.15, -0.1) is 0 Å². The summed E-state index contributed by atoms with van der Waals surface area (Å²) in [5.74, 6) is 0. The van der Waals surface area contributed by atoms with Crippen LogP contribution in [0.1, 0.15) is 25.1 Å². The van der Waals surface area contributed by atoms with Crippen LogP contribution in [0.4, 0.5) is 0 Å². The van der Waals surface area contributed by atoms with Gasteiger partial charge in [0.15, 0.2) is 0 Å². The fourth-order valence-electron chi connectivity index (χ4n) is 2.27. The Hall–Kier alpha value is -0.860. The standard InChI is InChI=1S/C11H17N2O6PS/c1-6-4-13(10(16)12-9(6)15)8-3-7(19-20(17)21)11(2,5-14)18-8/h4,7-8,14,20H,3,5H2,1-2H3,(H,17,21)(H,12,15,16)/t7?,8-,11-/m1/s1. The molecule has 1 aromatic heterocycles. The molecule has 4 atom stereocenters. The van der Waals surface area contributed by atoms with Crippen molar-refractivity contribution in [2.75, 3.05) is 6.61 Å². The number of thiol groups is 1. The van der Waals surface area contributed by atoms with Crippen LogP contribution in [0.3, 0.4) is 0 Å². The zero-order chi connectivity index (χ0) is 15.8. The van der Waals surface area contributed by atoms with Gasteiger partial charge in [0.2, 0.25) is 7.23 Å². The Morgan fingerprint density at radius 2 is 2.33 bits per heavy atom. The minimum Gasteiger partial charge on any atom is -0.393 e. The van der Waals surface area contributed by atoms with Gasteiger partial charge in [-0.05, 0) is 13.8 Å². The highest BCUT2D eigenvalue weighted by molar-refractivity contribution is 8.39. The molecule has 2 N–H and O–H groups in total.